The predicted molar refractivity (Wildman–Crippen MR) is 84.2 cm³/mol. The topological polar surface area (TPSA) is 35.5 Å². The van der Waals surface area contributed by atoms with Crippen LogP contribution in [0.15, 0.2) is 30.3 Å². The quantitative estimate of drug-likeness (QED) is 0.774. The third-order valence-electron chi connectivity index (χ3n) is 3.10. The lowest BCUT2D eigenvalue weighted by Crippen LogP contribution is -2.06. The molecule has 0 radical (unpaired) electrons. The monoisotopic (exact) mass is 324 g/mol. The fraction of sp³-hybridized carbons (Fsp3) is 0.188. The van der Waals surface area contributed by atoms with E-state index < -0.39 is 0 Å². The Hall–Kier alpha value is -1.71. The fourth-order valence-electron chi connectivity index (χ4n) is 2.02. The molecule has 0 saturated carbocycles. The lowest BCUT2D eigenvalue weighted by Gasteiger charge is -2.13. The number of carbonyl (C=O) groups is 1. The van der Waals surface area contributed by atoms with Gasteiger partial charge in [0.05, 0.1) is 24.8 Å². The van der Waals surface area contributed by atoms with Crippen LogP contribution in [0.2, 0.25) is 10.0 Å². The summed E-state index contributed by atoms with van der Waals surface area (Å²) in [6.45, 7) is 1.91. The Morgan fingerprint density at radius 3 is 2.24 bits per heavy atom. The highest BCUT2D eigenvalue weighted by atomic mass is 35.5. The van der Waals surface area contributed by atoms with Crippen LogP contribution in [-0.2, 0) is 0 Å². The van der Waals surface area contributed by atoms with Crippen molar-refractivity contribution in [2.24, 2.45) is 0 Å². The molecule has 5 heteroatoms. The van der Waals surface area contributed by atoms with Crippen LogP contribution in [0.5, 0.6) is 11.5 Å². The van der Waals surface area contributed by atoms with Crippen molar-refractivity contribution in [2.75, 3.05) is 14.2 Å². The second-order valence-corrected chi connectivity index (χ2v) is 5.26. The molecule has 0 aliphatic carbocycles. The van der Waals surface area contributed by atoms with Crippen molar-refractivity contribution in [3.8, 4) is 11.5 Å². The summed E-state index contributed by atoms with van der Waals surface area (Å²) in [6, 6.07) is 8.50. The molecule has 0 aliphatic rings. The minimum absolute atomic E-state index is 0.249. The van der Waals surface area contributed by atoms with Gasteiger partial charge in [-0.25, -0.2) is 0 Å². The molecule has 0 unspecified atom stereocenters. The van der Waals surface area contributed by atoms with Crippen molar-refractivity contribution in [1.82, 2.24) is 0 Å². The van der Waals surface area contributed by atoms with E-state index in [9.17, 15) is 4.79 Å². The molecule has 0 amide bonds. The Balaban J connectivity index is 2.55. The number of methoxy groups -OCH3 is 2. The van der Waals surface area contributed by atoms with E-state index in [1.54, 1.807) is 24.3 Å². The van der Waals surface area contributed by atoms with Gasteiger partial charge in [-0.2, -0.15) is 0 Å². The lowest BCUT2D eigenvalue weighted by atomic mass is 10.0. The third-order valence-corrected chi connectivity index (χ3v) is 3.77. The molecule has 0 fully saturated rings. The average Bonchev–Trinajstić information content (AvgIpc) is 2.46. The number of ketones is 1. The van der Waals surface area contributed by atoms with Gasteiger partial charge in [-0.05, 0) is 36.8 Å². The summed E-state index contributed by atoms with van der Waals surface area (Å²) in [5.41, 5.74) is 1.73. The van der Waals surface area contributed by atoms with Crippen LogP contribution >= 0.6 is 23.2 Å². The van der Waals surface area contributed by atoms with Gasteiger partial charge >= 0.3 is 0 Å². The molecule has 0 bridgehead atoms. The predicted octanol–water partition coefficient (Wildman–Crippen LogP) is 4.55. The fourth-order valence-corrected chi connectivity index (χ4v) is 2.66. The molecule has 0 aromatic heterocycles. The number of rotatable bonds is 4. The molecule has 2 aromatic rings. The molecule has 110 valence electrons. The molecule has 0 aliphatic heterocycles. The maximum Gasteiger partial charge on any atom is 0.198 e. The summed E-state index contributed by atoms with van der Waals surface area (Å²) in [5.74, 6) is 0.471. The molecule has 0 saturated heterocycles. The van der Waals surface area contributed by atoms with Crippen molar-refractivity contribution in [1.29, 1.82) is 0 Å². The number of hydrogen-bond donors (Lipinski definition) is 0. The maximum atomic E-state index is 12.6. The summed E-state index contributed by atoms with van der Waals surface area (Å²) >= 11 is 12.3. The largest absolute Gasteiger partial charge is 0.495 e. The summed E-state index contributed by atoms with van der Waals surface area (Å²) < 4.78 is 10.4. The highest BCUT2D eigenvalue weighted by molar-refractivity contribution is 6.36. The molecule has 2 rings (SSSR count). The third kappa shape index (κ3) is 2.99. The van der Waals surface area contributed by atoms with Crippen LogP contribution in [0.25, 0.3) is 0 Å². The van der Waals surface area contributed by atoms with Crippen molar-refractivity contribution < 1.29 is 14.3 Å². The van der Waals surface area contributed by atoms with Gasteiger partial charge in [-0.1, -0.05) is 29.3 Å². The summed E-state index contributed by atoms with van der Waals surface area (Å²) in [7, 11) is 2.95. The highest BCUT2D eigenvalue weighted by Gasteiger charge is 2.21. The minimum atomic E-state index is -0.249. The Bertz CT molecular complexity index is 696. The molecule has 0 atom stereocenters. The van der Waals surface area contributed by atoms with Crippen molar-refractivity contribution in [2.45, 2.75) is 6.92 Å². The van der Waals surface area contributed by atoms with Gasteiger partial charge in [0, 0.05) is 5.56 Å². The molecule has 3 nitrogen and oxygen atoms in total. The first kappa shape index (κ1) is 15.7. The van der Waals surface area contributed by atoms with E-state index in [0.29, 0.717) is 21.9 Å². The Labute approximate surface area is 133 Å². The molecule has 2 aromatic carbocycles. The van der Waals surface area contributed by atoms with Gasteiger partial charge in [0.15, 0.2) is 11.5 Å². The number of ether oxygens (including phenoxy) is 2. The Morgan fingerprint density at radius 2 is 1.67 bits per heavy atom. The SMILES string of the molecule is COc1ccc(C(=O)c2ccc(C)cc2Cl)c(OC)c1Cl. The van der Waals surface area contributed by atoms with Crippen molar-refractivity contribution in [3.63, 3.8) is 0 Å². The van der Waals surface area contributed by atoms with E-state index in [4.69, 9.17) is 32.7 Å². The minimum Gasteiger partial charge on any atom is -0.495 e. The van der Waals surface area contributed by atoms with E-state index in [1.807, 2.05) is 13.0 Å². The van der Waals surface area contributed by atoms with E-state index in [2.05, 4.69) is 0 Å². The lowest BCUT2D eigenvalue weighted by molar-refractivity contribution is 0.103. The standard InChI is InChI=1S/C16H14Cl2O3/c1-9-4-5-10(12(17)8-9)15(19)11-6-7-13(20-2)14(18)16(11)21-3/h4-8H,1-3H3. The van der Waals surface area contributed by atoms with Gasteiger partial charge in [0.1, 0.15) is 10.8 Å². The zero-order chi connectivity index (χ0) is 15.6. The molecule has 21 heavy (non-hydrogen) atoms. The van der Waals surface area contributed by atoms with Crippen molar-refractivity contribution in [3.05, 3.63) is 57.1 Å². The summed E-state index contributed by atoms with van der Waals surface area (Å²) in [4.78, 5) is 12.6. The van der Waals surface area contributed by atoms with Crippen LogP contribution in [0, 0.1) is 6.92 Å². The zero-order valence-corrected chi connectivity index (χ0v) is 13.4. The number of halogens is 2. The van der Waals surface area contributed by atoms with Gasteiger partial charge in [0.2, 0.25) is 0 Å². The molecular formula is C16H14Cl2O3. The second-order valence-electron chi connectivity index (χ2n) is 4.48. The van der Waals surface area contributed by atoms with Gasteiger partial charge < -0.3 is 9.47 Å². The molecule has 0 N–H and O–H groups in total. The highest BCUT2D eigenvalue weighted by Crippen LogP contribution is 2.38. The second kappa shape index (κ2) is 6.37. The first-order chi connectivity index (χ1) is 9.99. The van der Waals surface area contributed by atoms with Crippen molar-refractivity contribution >= 4 is 29.0 Å². The maximum absolute atomic E-state index is 12.6. The van der Waals surface area contributed by atoms with E-state index in [1.165, 1.54) is 14.2 Å². The van der Waals surface area contributed by atoms with Crippen LogP contribution in [0.4, 0.5) is 0 Å². The normalized spacial score (nSPS) is 10.3. The molecule has 0 heterocycles. The number of benzene rings is 2. The van der Waals surface area contributed by atoms with Crippen LogP contribution < -0.4 is 9.47 Å². The Kier molecular flexibility index (Phi) is 4.76. The van der Waals surface area contributed by atoms with Gasteiger partial charge in [-0.15, -0.1) is 0 Å². The smallest absolute Gasteiger partial charge is 0.198 e. The Morgan fingerprint density at radius 1 is 1.00 bits per heavy atom. The number of aryl methyl sites for hydroxylation is 1. The number of carbonyl (C=O) groups excluding carboxylic acids is 1. The zero-order valence-electron chi connectivity index (χ0n) is 11.9. The molecule has 0 spiro atoms. The van der Waals surface area contributed by atoms with Gasteiger partial charge in [0.25, 0.3) is 0 Å². The van der Waals surface area contributed by atoms with Gasteiger partial charge in [-0.3, -0.25) is 4.79 Å². The van der Waals surface area contributed by atoms with E-state index >= 15 is 0 Å². The van der Waals surface area contributed by atoms with Crippen LogP contribution in [0.1, 0.15) is 21.5 Å². The average molecular weight is 325 g/mol. The van der Waals surface area contributed by atoms with Crippen LogP contribution in [-0.4, -0.2) is 20.0 Å². The number of hydrogen-bond acceptors (Lipinski definition) is 3. The first-order valence-corrected chi connectivity index (χ1v) is 6.96. The first-order valence-electron chi connectivity index (χ1n) is 6.21. The van der Waals surface area contributed by atoms with E-state index in [-0.39, 0.29) is 16.6 Å². The van der Waals surface area contributed by atoms with E-state index in [0.717, 1.165) is 5.56 Å². The molecular weight excluding hydrogens is 311 g/mol. The van der Waals surface area contributed by atoms with Crippen LogP contribution in [0.3, 0.4) is 0 Å². The summed E-state index contributed by atoms with van der Waals surface area (Å²) in [5, 5.41) is 0.656. The summed E-state index contributed by atoms with van der Waals surface area (Å²) in [6.07, 6.45) is 0.